The Hall–Kier alpha value is -10.5. The quantitative estimate of drug-likeness (QED) is 0.127. The van der Waals surface area contributed by atoms with Crippen molar-refractivity contribution in [1.82, 2.24) is 29.9 Å². The van der Waals surface area contributed by atoms with Gasteiger partial charge in [-0.05, 0) is 160 Å². The van der Waals surface area contributed by atoms with Gasteiger partial charge < -0.3 is 44.0 Å². The first-order valence-electron chi connectivity index (χ1n) is 34.9. The Morgan fingerprint density at radius 3 is 1.02 bits per heavy atom. The van der Waals surface area contributed by atoms with Gasteiger partial charge in [0.05, 0.1) is 11.3 Å². The number of pyridine rings is 6. The molecule has 0 unspecified atom stereocenters. The Kier molecular flexibility index (Phi) is 33.1. The van der Waals surface area contributed by atoms with Crippen molar-refractivity contribution in [2.24, 2.45) is 11.8 Å². The molecule has 10 nitrogen and oxygen atoms in total. The average molecular weight is 1750 g/mol. The molecule has 0 saturated carbocycles. The van der Waals surface area contributed by atoms with Crippen LogP contribution in [0.5, 0.6) is 0 Å². The number of rotatable bonds is 10. The van der Waals surface area contributed by atoms with Gasteiger partial charge in [0.2, 0.25) is 0 Å². The first-order chi connectivity index (χ1) is 50.7. The van der Waals surface area contributed by atoms with Crippen molar-refractivity contribution in [3.63, 3.8) is 0 Å². The molecule has 0 bridgehead atoms. The van der Waals surface area contributed by atoms with Gasteiger partial charge in [-0.2, -0.15) is 0 Å². The average Bonchev–Trinajstić information content (AvgIpc) is 1.62. The van der Waals surface area contributed by atoms with Crippen LogP contribution in [0.25, 0.3) is 111 Å². The van der Waals surface area contributed by atoms with Crippen molar-refractivity contribution in [3.8, 4) is 67.5 Å². The second-order valence-electron chi connectivity index (χ2n) is 25.4. The summed E-state index contributed by atoms with van der Waals surface area (Å²) in [5, 5.41) is 18.6. The van der Waals surface area contributed by atoms with Gasteiger partial charge in [-0.25, -0.2) is 0 Å². The fraction of sp³-hybridized carbons (Fsp3) is 0.170. The Bertz CT molecular complexity index is 4810. The van der Waals surface area contributed by atoms with E-state index >= 15 is 0 Å². The Balaban J connectivity index is 0.000000179. The second-order valence-corrected chi connectivity index (χ2v) is 25.4. The van der Waals surface area contributed by atoms with E-state index in [1.165, 1.54) is 22.3 Å². The maximum atomic E-state index is 7.00. The summed E-state index contributed by atoms with van der Waals surface area (Å²) < 4.78 is 12.2. The first-order valence-corrected chi connectivity index (χ1v) is 34.9. The second kappa shape index (κ2) is 42.4. The fourth-order valence-electron chi connectivity index (χ4n) is 11.6. The number of fused-ring (bicyclic) bond motifs is 6. The molecule has 0 aliphatic heterocycles. The predicted molar refractivity (Wildman–Crippen MR) is 429 cm³/mol. The summed E-state index contributed by atoms with van der Waals surface area (Å²) in [7, 11) is 2.00. The molecule has 16 rings (SSSR count). The zero-order valence-corrected chi connectivity index (χ0v) is 66.9. The number of aromatic nitrogens is 6. The van der Waals surface area contributed by atoms with Crippen molar-refractivity contribution in [2.45, 2.75) is 82.1 Å². The van der Waals surface area contributed by atoms with Gasteiger partial charge in [0, 0.05) is 91.2 Å². The molecule has 539 valence electrons. The molecular formula is C94H89Ir2N6O4-2. The van der Waals surface area contributed by atoms with E-state index in [4.69, 9.17) is 29.0 Å². The summed E-state index contributed by atoms with van der Waals surface area (Å²) in [6, 6.07) is 102. The van der Waals surface area contributed by atoms with E-state index in [1.54, 1.807) is 0 Å². The molecular weight excluding hydrogens is 1660 g/mol. The summed E-state index contributed by atoms with van der Waals surface area (Å²) >= 11 is 0. The first kappa shape index (κ1) is 82.8. The number of hydrogen-bond acceptors (Lipinski definition) is 10. The molecule has 12 heteroatoms. The van der Waals surface area contributed by atoms with Gasteiger partial charge >= 0.3 is 20.1 Å². The standard InChI is InChI=1S/C22H21NO.C22H20NO.4C12H10N.2CH4O.2Ir/c2*1-14(2)11-16-13-23-20(12-15(16)3)19-9-6-8-18-17-7-4-5-10-21(17)24-22(18)19;4*1-10-6-5-9-12(13-10)11-7-3-2-4-8-11;2*1-2;;/h4-10,12-14H,11H2,1-3H3;4-8,10,12-14H,11H2,1-3H3;4*2-7,9H,1H3;2*2H,1H3;;/q;5*-1;;;;+3. The summed E-state index contributed by atoms with van der Waals surface area (Å²) in [5.74, 6) is 1.26. The van der Waals surface area contributed by atoms with Crippen LogP contribution in [0.4, 0.5) is 0 Å². The van der Waals surface area contributed by atoms with Crippen LogP contribution in [0, 0.1) is 83.7 Å². The number of aliphatic hydroxyl groups excluding tert-OH is 2. The van der Waals surface area contributed by atoms with E-state index in [0.717, 1.165) is 161 Å². The molecule has 16 aromatic rings. The third-order valence-electron chi connectivity index (χ3n) is 16.5. The van der Waals surface area contributed by atoms with Crippen LogP contribution in [0.15, 0.2) is 282 Å². The maximum absolute atomic E-state index is 7.00. The van der Waals surface area contributed by atoms with E-state index in [2.05, 4.69) is 140 Å². The van der Waals surface area contributed by atoms with E-state index in [-0.39, 0.29) is 40.2 Å². The summed E-state index contributed by atoms with van der Waals surface area (Å²) in [4.78, 5) is 27.1. The molecule has 0 saturated heterocycles. The predicted octanol–water partition coefficient (Wildman–Crippen LogP) is 22.8. The molecule has 0 amide bonds. The van der Waals surface area contributed by atoms with E-state index in [1.807, 2.05) is 252 Å². The number of nitrogens with zero attached hydrogens (tertiary/aromatic N) is 6. The Morgan fingerprint density at radius 1 is 0.330 bits per heavy atom. The number of hydrogen-bond donors (Lipinski definition) is 2. The smallest absolute Gasteiger partial charge is 0.501 e. The van der Waals surface area contributed by atoms with Crippen molar-refractivity contribution in [3.05, 3.63) is 349 Å². The molecule has 0 spiro atoms. The van der Waals surface area contributed by atoms with Crippen molar-refractivity contribution < 1.29 is 59.3 Å². The minimum absolute atomic E-state index is 0. The molecule has 0 fully saturated rings. The van der Waals surface area contributed by atoms with Crippen LogP contribution >= 0.6 is 0 Å². The summed E-state index contributed by atoms with van der Waals surface area (Å²) in [6.07, 6.45) is 6.14. The number of para-hydroxylation sites is 3. The van der Waals surface area contributed by atoms with Crippen molar-refractivity contribution in [1.29, 1.82) is 0 Å². The molecule has 8 aromatic carbocycles. The van der Waals surface area contributed by atoms with Gasteiger partial charge in [0.15, 0.2) is 0 Å². The Morgan fingerprint density at radius 2 is 0.660 bits per heavy atom. The third-order valence-corrected chi connectivity index (χ3v) is 16.5. The SMILES string of the molecule is CO.CO.Cc1cc(-c2[c-]ccc3c2oc2ccccc23)ncc1CC(C)C.Cc1cc(-c2cccc3c2oc2ccccc23)ncc1CC(C)C.Cc1cccc(-c2[c-]cccc2)n1.Cc1cccc(-c2[c-]cccc2)n1.Cc1cccc(-c2[c-]cccc2)n1.Cc1cccc(-c2[c-]cccc2)n1.[Ir+3].[Ir]. The maximum Gasteiger partial charge on any atom is 3.00 e. The number of benzene rings is 8. The zero-order valence-electron chi connectivity index (χ0n) is 62.1. The largest absolute Gasteiger partial charge is 3.00 e. The van der Waals surface area contributed by atoms with Gasteiger partial charge in [0.25, 0.3) is 0 Å². The molecule has 0 atom stereocenters. The van der Waals surface area contributed by atoms with E-state index < -0.39 is 0 Å². The topological polar surface area (TPSA) is 144 Å². The van der Waals surface area contributed by atoms with Gasteiger partial charge in [-0.1, -0.05) is 147 Å². The number of aliphatic hydroxyl groups is 2. The minimum atomic E-state index is 0. The van der Waals surface area contributed by atoms with Gasteiger partial charge in [-0.15, -0.1) is 162 Å². The zero-order chi connectivity index (χ0) is 73.7. The Labute approximate surface area is 652 Å². The molecule has 2 N–H and O–H groups in total. The fourth-order valence-corrected chi connectivity index (χ4v) is 11.6. The van der Waals surface area contributed by atoms with E-state index in [0.29, 0.717) is 11.8 Å². The van der Waals surface area contributed by atoms with Crippen LogP contribution in [0.1, 0.15) is 72.7 Å². The molecule has 106 heavy (non-hydrogen) atoms. The van der Waals surface area contributed by atoms with Crippen molar-refractivity contribution >= 4 is 43.9 Å². The summed E-state index contributed by atoms with van der Waals surface area (Å²) in [5.41, 5.74) is 25.0. The molecule has 8 heterocycles. The normalized spacial score (nSPS) is 10.3. The van der Waals surface area contributed by atoms with Gasteiger partial charge in [0.1, 0.15) is 16.7 Å². The van der Waals surface area contributed by atoms with Crippen molar-refractivity contribution in [2.75, 3.05) is 14.2 Å². The monoisotopic (exact) mass is 1750 g/mol. The van der Waals surface area contributed by atoms with Crippen LogP contribution in [0.2, 0.25) is 0 Å². The summed E-state index contributed by atoms with van der Waals surface area (Å²) in [6.45, 7) is 21.2. The van der Waals surface area contributed by atoms with Gasteiger partial charge in [-0.3, -0.25) is 4.98 Å². The van der Waals surface area contributed by atoms with Crippen LogP contribution in [0.3, 0.4) is 0 Å². The van der Waals surface area contributed by atoms with Crippen LogP contribution in [-0.4, -0.2) is 54.3 Å². The molecule has 0 aliphatic rings. The number of furan rings is 2. The van der Waals surface area contributed by atoms with Crippen LogP contribution in [-0.2, 0) is 53.1 Å². The third kappa shape index (κ3) is 23.2. The minimum Gasteiger partial charge on any atom is -0.501 e. The molecule has 0 aliphatic carbocycles. The van der Waals surface area contributed by atoms with Crippen LogP contribution < -0.4 is 0 Å². The molecule has 1 radical (unpaired) electrons. The number of aryl methyl sites for hydroxylation is 6. The molecule has 8 aromatic heterocycles. The van der Waals surface area contributed by atoms with E-state index in [9.17, 15) is 0 Å².